The number of rotatable bonds is 4. The van der Waals surface area contributed by atoms with Crippen molar-refractivity contribution >= 4 is 53.8 Å². The van der Waals surface area contributed by atoms with Crippen LogP contribution in [0, 0.1) is 0 Å². The molecule has 0 unspecified atom stereocenters. The van der Waals surface area contributed by atoms with E-state index < -0.39 is 0 Å². The third-order valence-corrected chi connectivity index (χ3v) is 5.79. The van der Waals surface area contributed by atoms with Gasteiger partial charge in [-0.1, -0.05) is 0 Å². The van der Waals surface area contributed by atoms with Gasteiger partial charge in [-0.05, 0) is 39.5 Å². The van der Waals surface area contributed by atoms with Gasteiger partial charge in [-0.2, -0.15) is 0 Å². The zero-order chi connectivity index (χ0) is 15.0. The summed E-state index contributed by atoms with van der Waals surface area (Å²) in [5.41, 5.74) is 0.521. The van der Waals surface area contributed by atoms with Gasteiger partial charge < -0.3 is 9.47 Å². The minimum Gasteiger partial charge on any atom is -0.497 e. The molecule has 0 atom stereocenters. The van der Waals surface area contributed by atoms with E-state index in [1.54, 1.807) is 37.7 Å². The molecule has 108 valence electrons. The molecule has 0 spiro atoms. The number of carbonyl (C=O) groups is 1. The fourth-order valence-electron chi connectivity index (χ4n) is 2.06. The monoisotopic (exact) mass is 382 g/mol. The minimum absolute atomic E-state index is 0.0465. The van der Waals surface area contributed by atoms with Crippen LogP contribution in [0.25, 0.3) is 9.40 Å². The zero-order valence-corrected chi connectivity index (χ0v) is 14.5. The van der Waals surface area contributed by atoms with E-state index >= 15 is 0 Å². The SMILES string of the molecule is COc1cc(Br)c(C(=O)c2cc3sccc3s2)c(OC)c1. The number of carbonyl (C=O) groups excluding carboxylic acids is 1. The molecule has 0 saturated heterocycles. The highest BCUT2D eigenvalue weighted by molar-refractivity contribution is 9.10. The number of halogens is 1. The molecular formula is C15H11BrO3S2. The lowest BCUT2D eigenvalue weighted by atomic mass is 10.1. The average molecular weight is 383 g/mol. The van der Waals surface area contributed by atoms with Gasteiger partial charge in [0.25, 0.3) is 0 Å². The quantitative estimate of drug-likeness (QED) is 0.597. The molecule has 0 N–H and O–H groups in total. The van der Waals surface area contributed by atoms with Crippen LogP contribution in [0.4, 0.5) is 0 Å². The molecule has 3 rings (SSSR count). The summed E-state index contributed by atoms with van der Waals surface area (Å²) in [7, 11) is 3.13. The molecule has 0 bridgehead atoms. The van der Waals surface area contributed by atoms with Crippen LogP contribution >= 0.6 is 38.6 Å². The fraction of sp³-hybridized carbons (Fsp3) is 0.133. The Morgan fingerprint density at radius 2 is 1.95 bits per heavy atom. The molecule has 3 aromatic rings. The molecular weight excluding hydrogens is 372 g/mol. The van der Waals surface area contributed by atoms with Crippen molar-refractivity contribution in [1.82, 2.24) is 0 Å². The number of hydrogen-bond acceptors (Lipinski definition) is 5. The van der Waals surface area contributed by atoms with Gasteiger partial charge in [-0.3, -0.25) is 4.79 Å². The van der Waals surface area contributed by atoms with Gasteiger partial charge in [-0.25, -0.2) is 0 Å². The van der Waals surface area contributed by atoms with Crippen LogP contribution < -0.4 is 9.47 Å². The molecule has 0 aliphatic heterocycles. The van der Waals surface area contributed by atoms with E-state index in [1.807, 2.05) is 17.5 Å². The summed E-state index contributed by atoms with van der Waals surface area (Å²) in [4.78, 5) is 13.5. The van der Waals surface area contributed by atoms with Gasteiger partial charge >= 0.3 is 0 Å². The molecule has 0 fully saturated rings. The van der Waals surface area contributed by atoms with Crippen LogP contribution in [0.5, 0.6) is 11.5 Å². The number of methoxy groups -OCH3 is 2. The molecule has 0 amide bonds. The number of benzene rings is 1. The molecule has 0 saturated carbocycles. The fourth-order valence-corrected chi connectivity index (χ4v) is 4.71. The first-order chi connectivity index (χ1) is 10.1. The van der Waals surface area contributed by atoms with Gasteiger partial charge in [0.05, 0.1) is 24.7 Å². The van der Waals surface area contributed by atoms with Gasteiger partial charge in [0.2, 0.25) is 5.78 Å². The second-order valence-electron chi connectivity index (χ2n) is 4.28. The number of ketones is 1. The van der Waals surface area contributed by atoms with Crippen LogP contribution in [0.2, 0.25) is 0 Å². The second kappa shape index (κ2) is 5.79. The summed E-state index contributed by atoms with van der Waals surface area (Å²) >= 11 is 6.57. The smallest absolute Gasteiger partial charge is 0.207 e. The maximum atomic E-state index is 12.8. The van der Waals surface area contributed by atoms with E-state index in [2.05, 4.69) is 15.9 Å². The van der Waals surface area contributed by atoms with E-state index in [9.17, 15) is 4.79 Å². The van der Waals surface area contributed by atoms with Gasteiger partial charge in [0.1, 0.15) is 11.5 Å². The Balaban J connectivity index is 2.10. The Labute approximate surface area is 138 Å². The third-order valence-electron chi connectivity index (χ3n) is 3.07. The lowest BCUT2D eigenvalue weighted by Gasteiger charge is -2.11. The van der Waals surface area contributed by atoms with Crippen molar-refractivity contribution < 1.29 is 14.3 Å². The zero-order valence-electron chi connectivity index (χ0n) is 11.3. The molecule has 21 heavy (non-hydrogen) atoms. The van der Waals surface area contributed by atoms with Crippen molar-refractivity contribution in [2.24, 2.45) is 0 Å². The number of thiophene rings is 2. The third kappa shape index (κ3) is 2.59. The van der Waals surface area contributed by atoms with E-state index in [-0.39, 0.29) is 5.78 Å². The number of hydrogen-bond donors (Lipinski definition) is 0. The summed E-state index contributed by atoms with van der Waals surface area (Å²) < 4.78 is 13.5. The summed E-state index contributed by atoms with van der Waals surface area (Å²) in [6.45, 7) is 0. The highest BCUT2D eigenvalue weighted by Gasteiger charge is 2.21. The Hall–Kier alpha value is -1.37. The average Bonchev–Trinajstić information content (AvgIpc) is 3.06. The van der Waals surface area contributed by atoms with Crippen LogP contribution in [0.1, 0.15) is 15.2 Å². The van der Waals surface area contributed by atoms with Crippen molar-refractivity contribution in [2.75, 3.05) is 14.2 Å². The molecule has 3 nitrogen and oxygen atoms in total. The Morgan fingerprint density at radius 1 is 1.14 bits per heavy atom. The molecule has 2 heterocycles. The lowest BCUT2D eigenvalue weighted by molar-refractivity contribution is 0.103. The minimum atomic E-state index is -0.0465. The first kappa shape index (κ1) is 14.6. The van der Waals surface area contributed by atoms with Gasteiger partial charge in [-0.15, -0.1) is 22.7 Å². The van der Waals surface area contributed by atoms with Crippen molar-refractivity contribution in [2.45, 2.75) is 0 Å². The molecule has 2 aromatic heterocycles. The predicted molar refractivity (Wildman–Crippen MR) is 90.4 cm³/mol. The summed E-state index contributed by atoms with van der Waals surface area (Å²) in [6.07, 6.45) is 0. The van der Waals surface area contributed by atoms with Crippen molar-refractivity contribution in [3.05, 3.63) is 44.6 Å². The van der Waals surface area contributed by atoms with Crippen LogP contribution in [-0.4, -0.2) is 20.0 Å². The Kier molecular flexibility index (Phi) is 4.01. The normalized spacial score (nSPS) is 10.8. The van der Waals surface area contributed by atoms with Crippen LogP contribution in [0.15, 0.2) is 34.1 Å². The Bertz CT molecular complexity index is 791. The van der Waals surface area contributed by atoms with Crippen molar-refractivity contribution in [3.63, 3.8) is 0 Å². The Morgan fingerprint density at radius 3 is 2.62 bits per heavy atom. The number of fused-ring (bicyclic) bond motifs is 1. The molecule has 1 aromatic carbocycles. The molecule has 0 aliphatic carbocycles. The van der Waals surface area contributed by atoms with Crippen molar-refractivity contribution in [3.8, 4) is 11.5 Å². The summed E-state index contributed by atoms with van der Waals surface area (Å²) in [5.74, 6) is 1.10. The maximum Gasteiger partial charge on any atom is 0.207 e. The number of ether oxygens (including phenoxy) is 2. The first-order valence-corrected chi connectivity index (χ1v) is 8.56. The summed E-state index contributed by atoms with van der Waals surface area (Å²) in [6, 6.07) is 7.45. The van der Waals surface area contributed by atoms with Gasteiger partial charge in [0, 0.05) is 19.9 Å². The molecule has 0 aliphatic rings. The van der Waals surface area contributed by atoms with Gasteiger partial charge in [0.15, 0.2) is 0 Å². The van der Waals surface area contributed by atoms with E-state index in [0.717, 1.165) is 9.40 Å². The standard InChI is InChI=1S/C15H11BrO3S2/c1-18-8-5-9(16)14(10(6-8)19-2)15(17)13-7-12-11(21-13)3-4-20-12/h3-7H,1-2H3. The second-order valence-corrected chi connectivity index (χ2v) is 7.16. The lowest BCUT2D eigenvalue weighted by Crippen LogP contribution is -2.04. The summed E-state index contributed by atoms with van der Waals surface area (Å²) in [5, 5.41) is 2.03. The predicted octanol–water partition coefficient (Wildman–Crippen LogP) is 4.97. The largest absolute Gasteiger partial charge is 0.497 e. The highest BCUT2D eigenvalue weighted by atomic mass is 79.9. The maximum absolute atomic E-state index is 12.8. The van der Waals surface area contributed by atoms with E-state index in [1.165, 1.54) is 11.3 Å². The van der Waals surface area contributed by atoms with Crippen LogP contribution in [0.3, 0.4) is 0 Å². The molecule has 0 radical (unpaired) electrons. The highest BCUT2D eigenvalue weighted by Crippen LogP contribution is 2.37. The molecule has 6 heteroatoms. The topological polar surface area (TPSA) is 35.5 Å². The van der Waals surface area contributed by atoms with Crippen molar-refractivity contribution in [1.29, 1.82) is 0 Å². The van der Waals surface area contributed by atoms with E-state index in [4.69, 9.17) is 9.47 Å². The first-order valence-electron chi connectivity index (χ1n) is 6.07. The van der Waals surface area contributed by atoms with Crippen LogP contribution in [-0.2, 0) is 0 Å². The van der Waals surface area contributed by atoms with E-state index in [0.29, 0.717) is 26.4 Å².